The molecule has 1 heterocycles. The second-order valence-corrected chi connectivity index (χ2v) is 9.53. The van der Waals surface area contributed by atoms with E-state index in [2.05, 4.69) is 0 Å². The summed E-state index contributed by atoms with van der Waals surface area (Å²) in [5.74, 6) is -0.373. The molecule has 2 aromatic carbocycles. The molecule has 1 aliphatic heterocycles. The van der Waals surface area contributed by atoms with Crippen LogP contribution in [0.5, 0.6) is 5.75 Å². The number of nitrogens with two attached hydrogens (primary N) is 1. The lowest BCUT2D eigenvalue weighted by atomic mass is 10.1. The van der Waals surface area contributed by atoms with Crippen LogP contribution in [0, 0.1) is 23.1 Å². The minimum atomic E-state index is -3.99. The molecule has 10 heteroatoms. The Balaban J connectivity index is 1.80. The topological polar surface area (TPSA) is 117 Å². The Bertz CT molecular complexity index is 1150. The highest BCUT2D eigenvalue weighted by molar-refractivity contribution is 7.89. The third-order valence-corrected chi connectivity index (χ3v) is 5.98. The van der Waals surface area contributed by atoms with Crippen LogP contribution in [0.4, 0.5) is 10.1 Å². The fourth-order valence-corrected chi connectivity index (χ4v) is 3.93. The van der Waals surface area contributed by atoms with Gasteiger partial charge in [-0.3, -0.25) is 4.79 Å². The Hall–Kier alpha value is -3.16. The van der Waals surface area contributed by atoms with E-state index in [1.54, 1.807) is 21.9 Å². The number of piperazine rings is 1. The van der Waals surface area contributed by atoms with Crippen LogP contribution in [-0.4, -0.2) is 52.0 Å². The number of halogens is 1. The first-order valence-corrected chi connectivity index (χ1v) is 11.7. The third-order valence-electron chi connectivity index (χ3n) is 5.07. The Kier molecular flexibility index (Phi) is 7.01. The van der Waals surface area contributed by atoms with Crippen molar-refractivity contribution in [3.63, 3.8) is 0 Å². The average molecular weight is 461 g/mol. The molecule has 0 unspecified atom stereocenters. The van der Waals surface area contributed by atoms with E-state index >= 15 is 0 Å². The van der Waals surface area contributed by atoms with Gasteiger partial charge in [0.25, 0.3) is 5.91 Å². The zero-order valence-electron chi connectivity index (χ0n) is 17.9. The summed E-state index contributed by atoms with van der Waals surface area (Å²) in [7, 11) is -3.99. The molecule has 0 spiro atoms. The maximum absolute atomic E-state index is 14.3. The molecule has 2 N–H and O–H groups in total. The number of sulfonamides is 1. The van der Waals surface area contributed by atoms with Crippen LogP contribution in [0.25, 0.3) is 0 Å². The van der Waals surface area contributed by atoms with E-state index in [0.29, 0.717) is 38.5 Å². The van der Waals surface area contributed by atoms with Gasteiger partial charge < -0.3 is 14.5 Å². The number of carbonyl (C=O) groups excluding carboxylic acids is 1. The van der Waals surface area contributed by atoms with Crippen molar-refractivity contribution in [3.8, 4) is 11.8 Å². The minimum Gasteiger partial charge on any atom is -0.492 e. The van der Waals surface area contributed by atoms with Crippen molar-refractivity contribution < 1.29 is 22.3 Å². The standard InChI is InChI=1S/C22H25FN4O4S/c1-15(2)14-31-21-6-4-17(32(25,29)30)12-18(21)22(28)27-9-7-26(8-10-27)20-5-3-16(13-24)11-19(20)23/h3-6,11-12,15H,7-10,14H2,1-2H3,(H2,25,29,30). The summed E-state index contributed by atoms with van der Waals surface area (Å²) in [4.78, 5) is 16.4. The molecular formula is C22H25FN4O4S. The van der Waals surface area contributed by atoms with Gasteiger partial charge >= 0.3 is 0 Å². The minimum absolute atomic E-state index is 0.121. The fourth-order valence-electron chi connectivity index (χ4n) is 3.39. The van der Waals surface area contributed by atoms with E-state index < -0.39 is 15.8 Å². The largest absolute Gasteiger partial charge is 0.492 e. The maximum Gasteiger partial charge on any atom is 0.257 e. The highest BCUT2D eigenvalue weighted by Gasteiger charge is 2.27. The van der Waals surface area contributed by atoms with Gasteiger partial charge in [-0.2, -0.15) is 5.26 Å². The van der Waals surface area contributed by atoms with Gasteiger partial charge in [0.2, 0.25) is 10.0 Å². The summed E-state index contributed by atoms with van der Waals surface area (Å²) in [6, 6.07) is 10.2. The third kappa shape index (κ3) is 5.36. The first-order chi connectivity index (χ1) is 15.1. The first-order valence-electron chi connectivity index (χ1n) is 10.1. The number of ether oxygens (including phenoxy) is 1. The fraction of sp³-hybridized carbons (Fsp3) is 0.364. The molecule has 3 rings (SSSR count). The predicted octanol–water partition coefficient (Wildman–Crippen LogP) is 2.34. The summed E-state index contributed by atoms with van der Waals surface area (Å²) in [5, 5.41) is 14.1. The van der Waals surface area contributed by atoms with E-state index in [1.807, 2.05) is 19.9 Å². The normalized spacial score (nSPS) is 14.4. The van der Waals surface area contributed by atoms with Crippen LogP contribution in [0.15, 0.2) is 41.3 Å². The Morgan fingerprint density at radius 1 is 1.19 bits per heavy atom. The molecule has 0 saturated carbocycles. The van der Waals surface area contributed by atoms with Crippen molar-refractivity contribution in [2.24, 2.45) is 11.1 Å². The predicted molar refractivity (Wildman–Crippen MR) is 117 cm³/mol. The molecule has 2 aromatic rings. The van der Waals surface area contributed by atoms with E-state index in [1.165, 1.54) is 24.3 Å². The molecule has 1 amide bonds. The number of hydrogen-bond acceptors (Lipinski definition) is 6. The molecule has 0 aromatic heterocycles. The maximum atomic E-state index is 14.3. The number of hydrogen-bond donors (Lipinski definition) is 1. The quantitative estimate of drug-likeness (QED) is 0.707. The number of carbonyl (C=O) groups is 1. The number of benzene rings is 2. The second kappa shape index (κ2) is 9.54. The molecular weight excluding hydrogens is 435 g/mol. The molecule has 1 saturated heterocycles. The second-order valence-electron chi connectivity index (χ2n) is 7.97. The van der Waals surface area contributed by atoms with Crippen molar-refractivity contribution in [3.05, 3.63) is 53.3 Å². The molecule has 0 aliphatic carbocycles. The van der Waals surface area contributed by atoms with Gasteiger partial charge in [-0.15, -0.1) is 0 Å². The summed E-state index contributed by atoms with van der Waals surface area (Å²) >= 11 is 0. The monoisotopic (exact) mass is 460 g/mol. The van der Waals surface area contributed by atoms with Crippen LogP contribution >= 0.6 is 0 Å². The molecule has 1 fully saturated rings. The zero-order valence-corrected chi connectivity index (χ0v) is 18.7. The number of nitrogens with zero attached hydrogens (tertiary/aromatic N) is 3. The van der Waals surface area contributed by atoms with Gasteiger partial charge in [0.1, 0.15) is 11.6 Å². The summed E-state index contributed by atoms with van der Waals surface area (Å²) in [5.41, 5.74) is 0.729. The molecule has 0 radical (unpaired) electrons. The van der Waals surface area contributed by atoms with Crippen molar-refractivity contribution in [1.29, 1.82) is 5.26 Å². The Morgan fingerprint density at radius 3 is 2.44 bits per heavy atom. The number of amides is 1. The molecule has 170 valence electrons. The molecule has 8 nitrogen and oxygen atoms in total. The summed E-state index contributed by atoms with van der Waals surface area (Å²) in [6.07, 6.45) is 0. The molecule has 0 atom stereocenters. The molecule has 0 bridgehead atoms. The van der Waals surface area contributed by atoms with Crippen LogP contribution in [0.3, 0.4) is 0 Å². The van der Waals surface area contributed by atoms with E-state index in [4.69, 9.17) is 15.1 Å². The summed E-state index contributed by atoms with van der Waals surface area (Å²) in [6.45, 7) is 5.66. The zero-order chi connectivity index (χ0) is 23.5. The van der Waals surface area contributed by atoms with Crippen molar-refractivity contribution in [1.82, 2.24) is 4.90 Å². The number of rotatable bonds is 6. The van der Waals surface area contributed by atoms with Crippen molar-refractivity contribution in [2.75, 3.05) is 37.7 Å². The summed E-state index contributed by atoms with van der Waals surface area (Å²) < 4.78 is 43.7. The Labute approximate surface area is 187 Å². The van der Waals surface area contributed by atoms with Crippen molar-refractivity contribution in [2.45, 2.75) is 18.7 Å². The number of primary sulfonamides is 1. The lowest BCUT2D eigenvalue weighted by molar-refractivity contribution is 0.0741. The highest BCUT2D eigenvalue weighted by Crippen LogP contribution is 2.26. The molecule has 1 aliphatic rings. The van der Waals surface area contributed by atoms with E-state index in [9.17, 15) is 17.6 Å². The number of nitriles is 1. The van der Waals surface area contributed by atoms with Crippen LogP contribution < -0.4 is 14.8 Å². The van der Waals surface area contributed by atoms with Crippen molar-refractivity contribution >= 4 is 21.6 Å². The van der Waals surface area contributed by atoms with Gasteiger partial charge in [0.15, 0.2) is 0 Å². The number of anilines is 1. The molecule has 32 heavy (non-hydrogen) atoms. The van der Waals surface area contributed by atoms with Crippen LogP contribution in [0.2, 0.25) is 0 Å². The van der Waals surface area contributed by atoms with Crippen LogP contribution in [-0.2, 0) is 10.0 Å². The lowest BCUT2D eigenvalue weighted by Crippen LogP contribution is -2.49. The smallest absolute Gasteiger partial charge is 0.257 e. The van der Waals surface area contributed by atoms with E-state index in [-0.39, 0.29) is 33.6 Å². The highest BCUT2D eigenvalue weighted by atomic mass is 32.2. The average Bonchev–Trinajstić information content (AvgIpc) is 2.76. The van der Waals surface area contributed by atoms with Crippen LogP contribution in [0.1, 0.15) is 29.8 Å². The lowest BCUT2D eigenvalue weighted by Gasteiger charge is -2.36. The SMILES string of the molecule is CC(C)COc1ccc(S(N)(=O)=O)cc1C(=O)N1CCN(c2ccc(C#N)cc2F)CC1. The van der Waals surface area contributed by atoms with E-state index in [0.717, 1.165) is 0 Å². The van der Waals surface area contributed by atoms with Gasteiger partial charge in [-0.25, -0.2) is 17.9 Å². The van der Waals surface area contributed by atoms with Gasteiger partial charge in [-0.1, -0.05) is 13.8 Å². The van der Waals surface area contributed by atoms with Gasteiger partial charge in [0.05, 0.1) is 34.4 Å². The van der Waals surface area contributed by atoms with Gasteiger partial charge in [0, 0.05) is 26.2 Å². The first kappa shape index (κ1) is 23.5. The van der Waals surface area contributed by atoms with Gasteiger partial charge in [-0.05, 0) is 42.3 Å². The Morgan fingerprint density at radius 2 is 1.88 bits per heavy atom.